The molecule has 0 saturated heterocycles. The van der Waals surface area contributed by atoms with Gasteiger partial charge in [0.25, 0.3) is 0 Å². The molecule has 0 fully saturated rings. The number of alkyl halides is 14. The molecule has 0 heterocycles. The summed E-state index contributed by atoms with van der Waals surface area (Å²) in [6, 6.07) is 0. The molecule has 0 bridgehead atoms. The normalized spacial score (nSPS) is 18.9. The quantitative estimate of drug-likeness (QED) is 0.321. The summed E-state index contributed by atoms with van der Waals surface area (Å²) >= 11 is -1.11. The van der Waals surface area contributed by atoms with Gasteiger partial charge in [0.1, 0.15) is 0 Å². The predicted octanol–water partition coefficient (Wildman–Crippen LogP) is 5.12. The molecule has 0 rings (SSSR count). The van der Waals surface area contributed by atoms with Crippen LogP contribution in [0.3, 0.4) is 0 Å². The third-order valence-corrected chi connectivity index (χ3v) is 3.25. The van der Waals surface area contributed by atoms with Gasteiger partial charge in [0, 0.05) is 0 Å². The average Bonchev–Trinajstić information content (AvgIpc) is 2.12. The summed E-state index contributed by atoms with van der Waals surface area (Å²) in [5.74, 6) is -22.0. The molecule has 0 saturated carbocycles. The second-order valence-electron chi connectivity index (χ2n) is 3.29. The fourth-order valence-electron chi connectivity index (χ4n) is 0.750. The third-order valence-electron chi connectivity index (χ3n) is 1.90. The lowest BCUT2D eigenvalue weighted by atomic mass is 10.0. The van der Waals surface area contributed by atoms with Gasteiger partial charge in [-0.1, -0.05) is 0 Å². The topological polar surface area (TPSA) is 0 Å². The van der Waals surface area contributed by atoms with Crippen molar-refractivity contribution in [3.63, 3.8) is 0 Å². The molecule has 0 radical (unpaired) electrons. The molecule has 122 valence electrons. The zero-order valence-electron chi connectivity index (χ0n) is 8.29. The molecule has 0 aromatic rings. The molecule has 0 aliphatic rings. The first-order valence-corrected chi connectivity index (χ1v) is 4.97. The summed E-state index contributed by atoms with van der Waals surface area (Å²) < 4.78 is 151. The van der Waals surface area contributed by atoms with Crippen LogP contribution in [0, 0.1) is 0 Å². The van der Waals surface area contributed by atoms with Crippen molar-refractivity contribution in [2.24, 2.45) is 0 Å². The van der Waals surface area contributed by atoms with Crippen molar-refractivity contribution in [2.45, 2.75) is 33.8 Å². The fourth-order valence-corrected chi connectivity index (χ4v) is 1.39. The summed E-state index contributed by atoms with van der Waals surface area (Å²) in [6.45, 7) is 0. The minimum atomic E-state index is -7.45. The van der Waals surface area contributed by atoms with Crippen LogP contribution in [-0.4, -0.2) is 33.8 Å². The van der Waals surface area contributed by atoms with E-state index >= 15 is 0 Å². The van der Waals surface area contributed by atoms with Gasteiger partial charge in [-0.2, -0.15) is 52.7 Å². The van der Waals surface area contributed by atoms with E-state index in [-0.39, 0.29) is 0 Å². The molecule has 0 aromatic carbocycles. The van der Waals surface area contributed by atoms with Gasteiger partial charge in [-0.15, -0.1) is 0 Å². The molecule has 0 spiro atoms. The second-order valence-corrected chi connectivity index (χ2v) is 4.78. The summed E-state index contributed by atoms with van der Waals surface area (Å²) in [6.07, 6.45) is -14.4. The summed E-state index contributed by atoms with van der Waals surface area (Å²) in [5, 5.41) is 0. The first-order chi connectivity index (χ1) is 8.25. The standard InChI is InChI=1S/C6F13I/c7-1(8,2(9,10)5(14,15)16)4(13,20)3(11,12)6(17,18)19. The van der Waals surface area contributed by atoms with Gasteiger partial charge in [0.15, 0.2) is 0 Å². The Morgan fingerprint density at radius 1 is 0.400 bits per heavy atom. The van der Waals surface area contributed by atoms with Crippen LogP contribution >= 0.6 is 22.6 Å². The van der Waals surface area contributed by atoms with Crippen molar-refractivity contribution in [3.05, 3.63) is 0 Å². The Hall–Kier alpha value is -0.180. The summed E-state index contributed by atoms with van der Waals surface area (Å²) in [4.78, 5) is 0. The monoisotopic (exact) mass is 446 g/mol. The first-order valence-electron chi connectivity index (χ1n) is 3.90. The van der Waals surface area contributed by atoms with Crippen LogP contribution in [0.5, 0.6) is 0 Å². The van der Waals surface area contributed by atoms with Crippen molar-refractivity contribution < 1.29 is 57.1 Å². The number of halogens is 14. The molecule has 0 aliphatic heterocycles. The van der Waals surface area contributed by atoms with Crippen LogP contribution < -0.4 is 0 Å². The van der Waals surface area contributed by atoms with E-state index in [0.29, 0.717) is 0 Å². The van der Waals surface area contributed by atoms with E-state index in [4.69, 9.17) is 0 Å². The molecule has 0 aliphatic carbocycles. The maximum absolute atomic E-state index is 13.0. The Balaban J connectivity index is 6.08. The minimum Gasteiger partial charge on any atom is -0.218 e. The average molecular weight is 446 g/mol. The Bertz CT molecular complexity index is 324. The lowest BCUT2D eigenvalue weighted by molar-refractivity contribution is -0.402. The van der Waals surface area contributed by atoms with Crippen LogP contribution in [-0.2, 0) is 0 Å². The van der Waals surface area contributed by atoms with Gasteiger partial charge < -0.3 is 0 Å². The van der Waals surface area contributed by atoms with Crippen molar-refractivity contribution in [2.75, 3.05) is 0 Å². The maximum Gasteiger partial charge on any atom is 0.460 e. The van der Waals surface area contributed by atoms with Gasteiger partial charge in [-0.3, -0.25) is 0 Å². The molecule has 0 nitrogen and oxygen atoms in total. The Morgan fingerprint density at radius 2 is 0.650 bits per heavy atom. The van der Waals surface area contributed by atoms with E-state index in [1.54, 1.807) is 0 Å². The van der Waals surface area contributed by atoms with Gasteiger partial charge in [0.05, 0.1) is 0 Å². The molecule has 0 aromatic heterocycles. The van der Waals surface area contributed by atoms with E-state index in [2.05, 4.69) is 0 Å². The summed E-state index contributed by atoms with van der Waals surface area (Å²) in [7, 11) is 0. The van der Waals surface area contributed by atoms with Crippen LogP contribution in [0.4, 0.5) is 57.1 Å². The van der Waals surface area contributed by atoms with E-state index in [1.807, 2.05) is 0 Å². The van der Waals surface area contributed by atoms with E-state index in [1.165, 1.54) is 0 Å². The Morgan fingerprint density at radius 3 is 0.850 bits per heavy atom. The minimum absolute atomic E-state index is 1.11. The van der Waals surface area contributed by atoms with Gasteiger partial charge in [-0.05, 0) is 22.6 Å². The van der Waals surface area contributed by atoms with Crippen LogP contribution in [0.25, 0.3) is 0 Å². The van der Waals surface area contributed by atoms with Crippen molar-refractivity contribution >= 4 is 22.6 Å². The molecule has 1 unspecified atom stereocenters. The third kappa shape index (κ3) is 2.51. The first kappa shape index (κ1) is 19.8. The maximum atomic E-state index is 13.0. The highest BCUT2D eigenvalue weighted by Gasteiger charge is 2.89. The van der Waals surface area contributed by atoms with Crippen molar-refractivity contribution in [3.8, 4) is 0 Å². The Kier molecular flexibility index (Phi) is 4.62. The predicted molar refractivity (Wildman–Crippen MR) is 44.8 cm³/mol. The van der Waals surface area contributed by atoms with Crippen molar-refractivity contribution in [1.82, 2.24) is 0 Å². The number of rotatable bonds is 3. The molecule has 14 heteroatoms. The van der Waals surface area contributed by atoms with Gasteiger partial charge >= 0.3 is 33.8 Å². The SMILES string of the molecule is FC(F)(F)C(F)(F)C(F)(F)C(F)(I)C(F)(F)C(F)(F)F. The molecule has 1 atom stereocenters. The van der Waals surface area contributed by atoms with E-state index < -0.39 is 56.4 Å². The van der Waals surface area contributed by atoms with Gasteiger partial charge in [-0.25, -0.2) is 4.39 Å². The number of hydrogen-bond donors (Lipinski definition) is 0. The molecule has 0 amide bonds. The fraction of sp³-hybridized carbons (Fsp3) is 1.00. The highest BCUT2D eigenvalue weighted by atomic mass is 127. The van der Waals surface area contributed by atoms with Crippen LogP contribution in [0.2, 0.25) is 0 Å². The number of hydrogen-bond acceptors (Lipinski definition) is 0. The van der Waals surface area contributed by atoms with E-state index in [9.17, 15) is 57.1 Å². The second kappa shape index (κ2) is 4.66. The molecule has 20 heavy (non-hydrogen) atoms. The van der Waals surface area contributed by atoms with Crippen LogP contribution in [0.15, 0.2) is 0 Å². The largest absolute Gasteiger partial charge is 0.460 e. The summed E-state index contributed by atoms with van der Waals surface area (Å²) in [5.41, 5.74) is 0. The smallest absolute Gasteiger partial charge is 0.218 e. The molecule has 0 N–H and O–H groups in total. The highest BCUT2D eigenvalue weighted by molar-refractivity contribution is 14.1. The molecular formula is C6F13I. The van der Waals surface area contributed by atoms with Crippen LogP contribution in [0.1, 0.15) is 0 Å². The lowest BCUT2D eigenvalue weighted by Gasteiger charge is -2.39. The highest BCUT2D eigenvalue weighted by Crippen LogP contribution is 2.62. The lowest BCUT2D eigenvalue weighted by Crippen LogP contribution is -2.68. The zero-order chi connectivity index (χ0) is 17.0. The zero-order valence-corrected chi connectivity index (χ0v) is 10.4. The van der Waals surface area contributed by atoms with Crippen molar-refractivity contribution in [1.29, 1.82) is 0 Å². The molecular weight excluding hydrogens is 446 g/mol. The van der Waals surface area contributed by atoms with E-state index in [0.717, 1.165) is 0 Å². The van der Waals surface area contributed by atoms with Gasteiger partial charge in [0.2, 0.25) is 0 Å². The Labute approximate surface area is 114 Å².